The third-order valence-electron chi connectivity index (χ3n) is 2.20. The third kappa shape index (κ3) is 3.28. The van der Waals surface area contributed by atoms with Crippen LogP contribution in [0.4, 0.5) is 0 Å². The summed E-state index contributed by atoms with van der Waals surface area (Å²) in [6, 6.07) is 0. The molecule has 90 valence electrons. The lowest BCUT2D eigenvalue weighted by molar-refractivity contribution is 0.555. The lowest BCUT2D eigenvalue weighted by Gasteiger charge is -2.06. The largest absolute Gasteiger partial charge is 0.311 e. The molecular formula is C11H15N5S. The fourth-order valence-electron chi connectivity index (χ4n) is 1.42. The Morgan fingerprint density at radius 2 is 2.24 bits per heavy atom. The molecule has 0 aromatic carbocycles. The number of hydrogen-bond donors (Lipinski definition) is 1. The Labute approximate surface area is 104 Å². The van der Waals surface area contributed by atoms with Gasteiger partial charge in [-0.3, -0.25) is 9.97 Å². The van der Waals surface area contributed by atoms with Gasteiger partial charge in [0.1, 0.15) is 11.4 Å². The van der Waals surface area contributed by atoms with Crippen LogP contribution < -0.4 is 5.32 Å². The molecule has 0 spiro atoms. The Kier molecular flexibility index (Phi) is 4.11. The molecule has 0 radical (unpaired) electrons. The second-order valence-corrected chi connectivity index (χ2v) is 5.00. The van der Waals surface area contributed by atoms with Gasteiger partial charge >= 0.3 is 0 Å². The summed E-state index contributed by atoms with van der Waals surface area (Å²) in [5.41, 5.74) is 1.61. The maximum atomic E-state index is 4.24. The summed E-state index contributed by atoms with van der Waals surface area (Å²) in [6.07, 6.45) is 5.03. The fourth-order valence-corrected chi connectivity index (χ4v) is 2.03. The first-order valence-electron chi connectivity index (χ1n) is 5.55. The van der Waals surface area contributed by atoms with Gasteiger partial charge in [-0.15, -0.1) is 5.10 Å². The number of rotatable bonds is 5. The molecule has 0 atom stereocenters. The van der Waals surface area contributed by atoms with Gasteiger partial charge in [0, 0.05) is 18.9 Å². The normalized spacial score (nSPS) is 11.0. The molecule has 0 saturated carbocycles. The molecule has 2 aromatic heterocycles. The Morgan fingerprint density at radius 3 is 2.94 bits per heavy atom. The monoisotopic (exact) mass is 249 g/mol. The molecule has 0 aliphatic rings. The van der Waals surface area contributed by atoms with E-state index in [1.165, 1.54) is 11.5 Å². The highest BCUT2D eigenvalue weighted by atomic mass is 32.1. The summed E-state index contributed by atoms with van der Waals surface area (Å²) in [4.78, 5) is 9.39. The van der Waals surface area contributed by atoms with Crippen LogP contribution in [0.2, 0.25) is 0 Å². The molecule has 0 aliphatic carbocycles. The second kappa shape index (κ2) is 5.79. The Hall–Kier alpha value is -1.40. The Balaban J connectivity index is 2.07. The lowest BCUT2D eigenvalue weighted by atomic mass is 10.2. The van der Waals surface area contributed by atoms with Crippen LogP contribution in [0.15, 0.2) is 18.6 Å². The zero-order valence-corrected chi connectivity index (χ0v) is 10.7. The molecule has 17 heavy (non-hydrogen) atoms. The summed E-state index contributed by atoms with van der Waals surface area (Å²) < 4.78 is 3.98. The second-order valence-electron chi connectivity index (χ2n) is 4.16. The molecule has 0 amide bonds. The van der Waals surface area contributed by atoms with Gasteiger partial charge in [0.05, 0.1) is 11.1 Å². The number of aromatic nitrogens is 4. The SMILES string of the molecule is CC(C)CNCc1snnc1-c1cnccn1. The maximum absolute atomic E-state index is 4.24. The highest BCUT2D eigenvalue weighted by Gasteiger charge is 2.11. The van der Waals surface area contributed by atoms with E-state index in [0.29, 0.717) is 5.92 Å². The van der Waals surface area contributed by atoms with E-state index in [1.807, 2.05) is 0 Å². The average molecular weight is 249 g/mol. The van der Waals surface area contributed by atoms with Crippen molar-refractivity contribution in [2.24, 2.45) is 5.92 Å². The van der Waals surface area contributed by atoms with Crippen LogP contribution in [0.3, 0.4) is 0 Å². The lowest BCUT2D eigenvalue weighted by Crippen LogP contribution is -2.18. The van der Waals surface area contributed by atoms with Crippen LogP contribution in [0.5, 0.6) is 0 Å². The first-order chi connectivity index (χ1) is 8.27. The first-order valence-corrected chi connectivity index (χ1v) is 6.33. The van der Waals surface area contributed by atoms with E-state index in [-0.39, 0.29) is 0 Å². The predicted octanol–water partition coefficient (Wildman–Crippen LogP) is 1.74. The fraction of sp³-hybridized carbons (Fsp3) is 0.455. The molecule has 1 N–H and O–H groups in total. The van der Waals surface area contributed by atoms with Gasteiger partial charge in [-0.2, -0.15) is 0 Å². The topological polar surface area (TPSA) is 63.6 Å². The molecule has 5 nitrogen and oxygen atoms in total. The molecular weight excluding hydrogens is 234 g/mol. The van der Waals surface area contributed by atoms with E-state index < -0.39 is 0 Å². The van der Waals surface area contributed by atoms with E-state index in [9.17, 15) is 0 Å². The number of hydrogen-bond acceptors (Lipinski definition) is 6. The van der Waals surface area contributed by atoms with Gasteiger partial charge in [0.2, 0.25) is 0 Å². The summed E-state index contributed by atoms with van der Waals surface area (Å²) in [5, 5.41) is 7.49. The van der Waals surface area contributed by atoms with Crippen molar-refractivity contribution < 1.29 is 0 Å². The molecule has 0 saturated heterocycles. The molecule has 2 heterocycles. The first kappa shape index (κ1) is 12.1. The van der Waals surface area contributed by atoms with Crippen LogP contribution in [0.25, 0.3) is 11.4 Å². The molecule has 2 aromatic rings. The van der Waals surface area contributed by atoms with Crippen molar-refractivity contribution >= 4 is 11.5 Å². The standard InChI is InChI=1S/C11H15N5S/c1-8(2)5-13-7-10-11(15-16-17-10)9-6-12-3-4-14-9/h3-4,6,8,13H,5,7H2,1-2H3. The molecule has 0 unspecified atom stereocenters. The van der Waals surface area contributed by atoms with Gasteiger partial charge in [-0.1, -0.05) is 18.3 Å². The van der Waals surface area contributed by atoms with Gasteiger partial charge in [0.25, 0.3) is 0 Å². The van der Waals surface area contributed by atoms with Crippen molar-refractivity contribution in [1.29, 1.82) is 0 Å². The molecule has 6 heteroatoms. The van der Waals surface area contributed by atoms with Gasteiger partial charge in [-0.25, -0.2) is 0 Å². The Morgan fingerprint density at radius 1 is 1.35 bits per heavy atom. The minimum Gasteiger partial charge on any atom is -0.311 e. The van der Waals surface area contributed by atoms with Crippen LogP contribution in [0, 0.1) is 5.92 Å². The van der Waals surface area contributed by atoms with Crippen LogP contribution in [0.1, 0.15) is 18.7 Å². The van der Waals surface area contributed by atoms with Crippen molar-refractivity contribution in [3.8, 4) is 11.4 Å². The highest BCUT2D eigenvalue weighted by Crippen LogP contribution is 2.20. The smallest absolute Gasteiger partial charge is 0.130 e. The van der Waals surface area contributed by atoms with Crippen LogP contribution >= 0.6 is 11.5 Å². The minimum absolute atomic E-state index is 0.635. The van der Waals surface area contributed by atoms with Crippen molar-refractivity contribution in [2.45, 2.75) is 20.4 Å². The van der Waals surface area contributed by atoms with Crippen molar-refractivity contribution in [1.82, 2.24) is 24.9 Å². The van der Waals surface area contributed by atoms with Gasteiger partial charge in [0.15, 0.2) is 0 Å². The molecule has 2 rings (SSSR count). The van der Waals surface area contributed by atoms with E-state index in [0.717, 1.165) is 29.4 Å². The van der Waals surface area contributed by atoms with Crippen molar-refractivity contribution in [2.75, 3.05) is 6.54 Å². The molecule has 0 bridgehead atoms. The van der Waals surface area contributed by atoms with Crippen molar-refractivity contribution in [3.63, 3.8) is 0 Å². The number of nitrogens with one attached hydrogen (secondary N) is 1. The average Bonchev–Trinajstić information content (AvgIpc) is 2.78. The summed E-state index contributed by atoms with van der Waals surface area (Å²) in [7, 11) is 0. The summed E-state index contributed by atoms with van der Waals surface area (Å²) >= 11 is 1.40. The zero-order chi connectivity index (χ0) is 12.1. The van der Waals surface area contributed by atoms with E-state index in [2.05, 4.69) is 38.7 Å². The molecule has 0 aliphatic heterocycles. The zero-order valence-electron chi connectivity index (χ0n) is 9.92. The van der Waals surface area contributed by atoms with Crippen LogP contribution in [-0.4, -0.2) is 26.1 Å². The number of nitrogens with zero attached hydrogens (tertiary/aromatic N) is 4. The van der Waals surface area contributed by atoms with E-state index in [1.54, 1.807) is 18.6 Å². The minimum atomic E-state index is 0.635. The van der Waals surface area contributed by atoms with E-state index in [4.69, 9.17) is 0 Å². The van der Waals surface area contributed by atoms with Gasteiger partial charge in [-0.05, 0) is 24.0 Å². The van der Waals surface area contributed by atoms with Crippen LogP contribution in [-0.2, 0) is 6.54 Å². The Bertz CT molecular complexity index is 454. The van der Waals surface area contributed by atoms with Crippen molar-refractivity contribution in [3.05, 3.63) is 23.5 Å². The maximum Gasteiger partial charge on any atom is 0.130 e. The highest BCUT2D eigenvalue weighted by molar-refractivity contribution is 7.05. The summed E-state index contributed by atoms with van der Waals surface area (Å²) in [5.74, 6) is 0.635. The third-order valence-corrected chi connectivity index (χ3v) is 2.92. The van der Waals surface area contributed by atoms with Gasteiger partial charge < -0.3 is 5.32 Å². The summed E-state index contributed by atoms with van der Waals surface area (Å²) in [6.45, 7) is 6.13. The predicted molar refractivity (Wildman–Crippen MR) is 67.5 cm³/mol. The quantitative estimate of drug-likeness (QED) is 0.874. The van der Waals surface area contributed by atoms with E-state index >= 15 is 0 Å². The molecule has 0 fully saturated rings.